The summed E-state index contributed by atoms with van der Waals surface area (Å²) in [5.41, 5.74) is 0. The smallest absolute Gasteiger partial charge is 0.342 e. The Morgan fingerprint density at radius 1 is 1.86 bits per heavy atom. The number of rotatable bonds is 4. The van der Waals surface area contributed by atoms with Crippen molar-refractivity contribution in [1.82, 2.24) is 9.55 Å². The van der Waals surface area contributed by atoms with E-state index < -0.39 is 11.0 Å². The second-order valence-electron chi connectivity index (χ2n) is 2.84. The first kappa shape index (κ1) is 10.9. The Bertz CT molecular complexity index is 339. The average molecular weight is 224 g/mol. The van der Waals surface area contributed by atoms with E-state index in [0.717, 1.165) is 6.20 Å². The maximum atomic E-state index is 10.5. The molecule has 78 valence electrons. The van der Waals surface area contributed by atoms with Crippen molar-refractivity contribution in [3.05, 3.63) is 22.1 Å². The van der Waals surface area contributed by atoms with Gasteiger partial charge < -0.3 is 15.2 Å². The Kier molecular flexibility index (Phi) is 3.43. The van der Waals surface area contributed by atoms with Crippen molar-refractivity contribution < 1.29 is 10.0 Å². The summed E-state index contributed by atoms with van der Waals surface area (Å²) < 4.78 is 1.33. The van der Waals surface area contributed by atoms with Gasteiger partial charge in [-0.05, 0) is 4.92 Å². The summed E-state index contributed by atoms with van der Waals surface area (Å²) in [7, 11) is 0. The predicted molar refractivity (Wildman–Crippen MR) is 50.3 cm³/mol. The topological polar surface area (TPSA) is 81.2 Å². The zero-order chi connectivity index (χ0) is 10.7. The first-order chi connectivity index (χ1) is 6.56. The number of aryl methyl sites for hydroxylation is 1. The molecule has 7 heteroatoms. The summed E-state index contributed by atoms with van der Waals surface area (Å²) in [6, 6.07) is 0. The molecule has 1 aromatic heterocycles. The second-order valence-corrected chi connectivity index (χ2v) is 3.15. The fourth-order valence-electron chi connectivity index (χ4n) is 1.09. The van der Waals surface area contributed by atoms with Crippen LogP contribution in [0.25, 0.3) is 0 Å². The Morgan fingerprint density at radius 2 is 2.50 bits per heavy atom. The number of halogens is 1. The van der Waals surface area contributed by atoms with Crippen LogP contribution in [0.15, 0.2) is 6.20 Å². The van der Waals surface area contributed by atoms with E-state index in [1.165, 1.54) is 4.57 Å². The minimum absolute atomic E-state index is 0.0365. The third kappa shape index (κ3) is 2.21. The number of aromatic nitrogens is 2. The van der Waals surface area contributed by atoms with Gasteiger partial charge in [-0.2, -0.15) is 0 Å². The van der Waals surface area contributed by atoms with Gasteiger partial charge >= 0.3 is 5.82 Å². The summed E-state index contributed by atoms with van der Waals surface area (Å²) in [5.74, 6) is 0.391. The third-order valence-corrected chi connectivity index (χ3v) is 2.15. The summed E-state index contributed by atoms with van der Waals surface area (Å²) in [4.78, 5) is 13.8. The van der Waals surface area contributed by atoms with Crippen molar-refractivity contribution in [3.63, 3.8) is 0 Å². The minimum Gasteiger partial charge on any atom is -0.388 e. The molecule has 1 unspecified atom stereocenters. The van der Waals surface area contributed by atoms with Crippen LogP contribution in [0.3, 0.4) is 0 Å². The van der Waals surface area contributed by atoms with E-state index in [4.69, 9.17) is 11.6 Å². The third-order valence-electron chi connectivity index (χ3n) is 1.79. The largest absolute Gasteiger partial charge is 0.388 e. The first-order valence-corrected chi connectivity index (χ1v) is 4.50. The van der Waals surface area contributed by atoms with Gasteiger partial charge in [-0.15, -0.1) is 11.6 Å². The van der Waals surface area contributed by atoms with Crippen molar-refractivity contribution in [2.75, 3.05) is 5.88 Å². The minimum atomic E-state index is -0.803. The lowest BCUT2D eigenvalue weighted by Gasteiger charge is -2.06. The van der Waals surface area contributed by atoms with Crippen LogP contribution in [0.5, 0.6) is 0 Å². The van der Waals surface area contributed by atoms with Crippen molar-refractivity contribution in [3.8, 4) is 0 Å². The maximum absolute atomic E-state index is 10.5. The van der Waals surface area contributed by atoms with Gasteiger partial charge in [-0.1, -0.05) is 0 Å². The average Bonchev–Trinajstić information content (AvgIpc) is 2.48. The molecule has 1 atom stereocenters. The second kappa shape index (κ2) is 4.39. The molecule has 0 aliphatic carbocycles. The number of aliphatic hydroxyl groups excluding tert-OH is 1. The molecule has 14 heavy (non-hydrogen) atoms. The molecule has 0 spiro atoms. The molecule has 0 saturated carbocycles. The van der Waals surface area contributed by atoms with E-state index in [-0.39, 0.29) is 18.2 Å². The molecule has 0 amide bonds. The van der Waals surface area contributed by atoms with Crippen LogP contribution < -0.4 is 0 Å². The lowest BCUT2D eigenvalue weighted by Crippen LogP contribution is -2.19. The van der Waals surface area contributed by atoms with Crippen LogP contribution in [0.2, 0.25) is 0 Å². The van der Waals surface area contributed by atoms with Crippen LogP contribution in [-0.2, 0) is 6.54 Å². The monoisotopic (exact) mass is 223 g/mol. The molecule has 6 nitrogen and oxygen atoms in total. The molecule has 1 N–H and O–H groups in total. The standard InChI is InChI=1S/C7H10ClN3O3/c1-5-9-3-7(11(13)14)10(5)4-6(12)2-8/h3,6,12H,2,4H2,1H3/i1+1,5+1,9+1,10+1. The highest BCUT2D eigenvalue weighted by Gasteiger charge is 2.19. The normalized spacial score (nSPS) is 12.8. The summed E-state index contributed by atoms with van der Waals surface area (Å²) >= 11 is 5.40. The van der Waals surface area contributed by atoms with E-state index >= 15 is 0 Å². The highest BCUT2D eigenvalue weighted by Crippen LogP contribution is 2.14. The molecule has 1 heterocycles. The lowest BCUT2D eigenvalue weighted by atomic mass is 10.4. The van der Waals surface area contributed by atoms with Crippen molar-refractivity contribution >= 4 is 17.4 Å². The van der Waals surface area contributed by atoms with Gasteiger partial charge in [0.15, 0.2) is 5.82 Å². The summed E-state index contributed by atoms with van der Waals surface area (Å²) in [6.45, 7) is 1.72. The number of nitrogens with zero attached hydrogens (tertiary/aromatic N) is 3. The SMILES string of the molecule is [13CH3][13c]1[15n]cc([N+](=O)[O-])[15n]1CC(O)CCl. The molecule has 0 aliphatic heterocycles. The Hall–Kier alpha value is -1.14. The van der Waals surface area contributed by atoms with Gasteiger partial charge in [0.05, 0.1) is 5.88 Å². The van der Waals surface area contributed by atoms with Crippen LogP contribution in [-0.4, -0.2) is 31.6 Å². The molecule has 0 radical (unpaired) electrons. The zero-order valence-corrected chi connectivity index (χ0v) is 8.31. The molecule has 0 aliphatic rings. The number of nitro groups is 1. The Balaban J connectivity index is 2.93. The first-order valence-electron chi connectivity index (χ1n) is 3.96. The quantitative estimate of drug-likeness (QED) is 0.353. The molecule has 0 fully saturated rings. The van der Waals surface area contributed by atoms with Gasteiger partial charge in [0.25, 0.3) is 0 Å². The number of imidazole rings is 1. The van der Waals surface area contributed by atoms with Gasteiger partial charge in [0, 0.05) is 6.92 Å². The van der Waals surface area contributed by atoms with E-state index in [1.54, 1.807) is 6.92 Å². The van der Waals surface area contributed by atoms with Crippen LogP contribution >= 0.6 is 11.6 Å². The Labute approximate surface area is 85.3 Å². The molecular formula is C7H10ClN3O3. The van der Waals surface area contributed by atoms with Crippen LogP contribution in [0.4, 0.5) is 5.82 Å². The molecule has 0 bridgehead atoms. The number of alkyl halides is 1. The fraction of sp³-hybridized carbons (Fsp3) is 0.571. The molecule has 0 aromatic carbocycles. The molecule has 0 saturated heterocycles. The van der Waals surface area contributed by atoms with E-state index in [2.05, 4.69) is 4.98 Å². The highest BCUT2D eigenvalue weighted by atomic mass is 35.5. The molecule has 1 rings (SSSR count). The number of hydrogen-bond donors (Lipinski definition) is 1. The maximum Gasteiger partial charge on any atom is 0.342 e. The van der Waals surface area contributed by atoms with Crippen molar-refractivity contribution in [2.24, 2.45) is 0 Å². The Morgan fingerprint density at radius 3 is 3.00 bits per heavy atom. The van der Waals surface area contributed by atoms with E-state index in [9.17, 15) is 15.2 Å². The lowest BCUT2D eigenvalue weighted by molar-refractivity contribution is -0.392. The van der Waals surface area contributed by atoms with E-state index in [1.807, 2.05) is 0 Å². The molecule has 1 aromatic rings. The van der Waals surface area contributed by atoms with Gasteiger partial charge in [-0.3, -0.25) is 0 Å². The van der Waals surface area contributed by atoms with Crippen LogP contribution in [0, 0.1) is 17.0 Å². The summed E-state index contributed by atoms with van der Waals surface area (Å²) in [5, 5.41) is 19.8. The van der Waals surface area contributed by atoms with Gasteiger partial charge in [0.1, 0.15) is 18.8 Å². The summed E-state index contributed by atoms with van der Waals surface area (Å²) in [6.07, 6.45) is 0.360. The highest BCUT2D eigenvalue weighted by molar-refractivity contribution is 6.18. The molecular weight excluding hydrogens is 214 g/mol. The van der Waals surface area contributed by atoms with Crippen LogP contribution in [0.1, 0.15) is 5.82 Å². The predicted octanol–water partition coefficient (Wildman–Crippen LogP) is 0.699. The van der Waals surface area contributed by atoms with E-state index in [0.29, 0.717) is 5.82 Å². The number of aliphatic hydroxyl groups is 1. The number of hydrogen-bond acceptors (Lipinski definition) is 4. The van der Waals surface area contributed by atoms with Crippen molar-refractivity contribution in [2.45, 2.75) is 19.6 Å². The fourth-order valence-corrected chi connectivity index (χ4v) is 1.18. The zero-order valence-electron chi connectivity index (χ0n) is 7.55. The van der Waals surface area contributed by atoms with Crippen molar-refractivity contribution in [1.29, 1.82) is 0 Å². The van der Waals surface area contributed by atoms with Gasteiger partial charge in [0.2, 0.25) is 0 Å². The van der Waals surface area contributed by atoms with Gasteiger partial charge in [-0.25, -0.2) is 9.55 Å².